The van der Waals surface area contributed by atoms with E-state index in [1.54, 1.807) is 12.4 Å². The SMILES string of the molecule is Cc1cc(C)cc(C(=O)N2CCCC(CC3CC3)(c3noc(-c4ccncc4)n3)C2)c1. The molecular weight excluding hydrogens is 388 g/mol. The smallest absolute Gasteiger partial charge is 0.258 e. The maximum Gasteiger partial charge on any atom is 0.258 e. The first-order valence-corrected chi connectivity index (χ1v) is 11.1. The number of hydrogen-bond acceptors (Lipinski definition) is 5. The van der Waals surface area contributed by atoms with Gasteiger partial charge < -0.3 is 9.42 Å². The van der Waals surface area contributed by atoms with E-state index < -0.39 is 0 Å². The number of nitrogens with zero attached hydrogens (tertiary/aromatic N) is 4. The number of benzene rings is 1. The number of amides is 1. The molecule has 3 aromatic rings. The van der Waals surface area contributed by atoms with Crippen molar-refractivity contribution in [1.82, 2.24) is 20.0 Å². The third-order valence-corrected chi connectivity index (χ3v) is 6.54. The number of carbonyl (C=O) groups is 1. The van der Waals surface area contributed by atoms with E-state index >= 15 is 0 Å². The average molecular weight is 417 g/mol. The molecular formula is C25H28N4O2. The van der Waals surface area contributed by atoms with Crippen LogP contribution in [-0.4, -0.2) is 39.0 Å². The fourth-order valence-corrected chi connectivity index (χ4v) is 4.95. The van der Waals surface area contributed by atoms with Gasteiger partial charge in [-0.3, -0.25) is 9.78 Å². The van der Waals surface area contributed by atoms with Gasteiger partial charge in [0.1, 0.15) is 0 Å². The number of aryl methyl sites for hydroxylation is 2. The lowest BCUT2D eigenvalue weighted by molar-refractivity contribution is 0.0607. The minimum atomic E-state index is -0.247. The number of pyridine rings is 1. The molecule has 1 aliphatic carbocycles. The quantitative estimate of drug-likeness (QED) is 0.602. The minimum absolute atomic E-state index is 0.101. The number of rotatable bonds is 5. The fourth-order valence-electron chi connectivity index (χ4n) is 4.95. The zero-order valence-corrected chi connectivity index (χ0v) is 18.2. The summed E-state index contributed by atoms with van der Waals surface area (Å²) >= 11 is 0. The summed E-state index contributed by atoms with van der Waals surface area (Å²) in [6.07, 6.45) is 8.90. The van der Waals surface area contributed by atoms with E-state index in [2.05, 4.69) is 16.2 Å². The summed E-state index contributed by atoms with van der Waals surface area (Å²) in [5, 5.41) is 4.42. The molecule has 2 aliphatic rings. The van der Waals surface area contributed by atoms with Crippen molar-refractivity contribution in [3.05, 3.63) is 65.2 Å². The van der Waals surface area contributed by atoms with Gasteiger partial charge in [0.2, 0.25) is 0 Å². The van der Waals surface area contributed by atoms with Gasteiger partial charge in [-0.15, -0.1) is 0 Å². The highest BCUT2D eigenvalue weighted by atomic mass is 16.5. The van der Waals surface area contributed by atoms with Crippen LogP contribution in [0.25, 0.3) is 11.5 Å². The minimum Gasteiger partial charge on any atom is -0.338 e. The van der Waals surface area contributed by atoms with Crippen LogP contribution in [0.4, 0.5) is 0 Å². The molecule has 160 valence electrons. The second kappa shape index (κ2) is 7.91. The molecule has 1 saturated carbocycles. The Bertz CT molecular complexity index is 1070. The zero-order valence-electron chi connectivity index (χ0n) is 18.2. The maximum atomic E-state index is 13.4. The van der Waals surface area contributed by atoms with E-state index in [4.69, 9.17) is 9.51 Å². The van der Waals surface area contributed by atoms with Gasteiger partial charge in [0.15, 0.2) is 5.82 Å². The van der Waals surface area contributed by atoms with Crippen LogP contribution in [0.1, 0.15) is 59.4 Å². The van der Waals surface area contributed by atoms with Crippen molar-refractivity contribution in [1.29, 1.82) is 0 Å². The van der Waals surface area contributed by atoms with Crippen molar-refractivity contribution in [2.24, 2.45) is 5.92 Å². The van der Waals surface area contributed by atoms with Crippen LogP contribution in [0.3, 0.4) is 0 Å². The van der Waals surface area contributed by atoms with Gasteiger partial charge in [-0.1, -0.05) is 35.2 Å². The fraction of sp³-hybridized carbons (Fsp3) is 0.440. The summed E-state index contributed by atoms with van der Waals surface area (Å²) < 4.78 is 5.65. The standard InChI is InChI=1S/C25H28N4O2/c1-17-12-18(2)14-21(13-17)23(30)29-11-3-8-25(16-29,15-19-4-5-19)24-27-22(31-28-24)20-6-9-26-10-7-20/h6-7,9-10,12-14,19H,3-5,8,11,15-16H2,1-2H3. The van der Waals surface area contributed by atoms with E-state index in [-0.39, 0.29) is 11.3 Å². The summed E-state index contributed by atoms with van der Waals surface area (Å²) in [5.41, 5.74) is 3.62. The third-order valence-electron chi connectivity index (χ3n) is 6.54. The summed E-state index contributed by atoms with van der Waals surface area (Å²) in [5.74, 6) is 2.05. The van der Waals surface area contributed by atoms with Crippen LogP contribution >= 0.6 is 0 Å². The van der Waals surface area contributed by atoms with Crippen LogP contribution < -0.4 is 0 Å². The molecule has 1 atom stereocenters. The molecule has 5 rings (SSSR count). The summed E-state index contributed by atoms with van der Waals surface area (Å²) in [4.78, 5) is 24.3. The van der Waals surface area contributed by atoms with Gasteiger partial charge in [0.25, 0.3) is 11.8 Å². The molecule has 31 heavy (non-hydrogen) atoms. The molecule has 1 aliphatic heterocycles. The average Bonchev–Trinajstić information content (AvgIpc) is 3.43. The Morgan fingerprint density at radius 3 is 2.61 bits per heavy atom. The molecule has 1 unspecified atom stereocenters. The van der Waals surface area contributed by atoms with Crippen molar-refractivity contribution in [2.45, 2.75) is 51.4 Å². The number of aromatic nitrogens is 3. The Labute approximate surface area is 182 Å². The third kappa shape index (κ3) is 4.11. The Morgan fingerprint density at radius 2 is 1.90 bits per heavy atom. The van der Waals surface area contributed by atoms with Gasteiger partial charge in [0.05, 0.1) is 5.41 Å². The van der Waals surface area contributed by atoms with Crippen molar-refractivity contribution in [3.63, 3.8) is 0 Å². The zero-order chi connectivity index (χ0) is 21.4. The normalized spacial score (nSPS) is 21.3. The first-order valence-electron chi connectivity index (χ1n) is 11.1. The van der Waals surface area contributed by atoms with E-state index in [0.717, 1.165) is 53.9 Å². The molecule has 2 aromatic heterocycles. The molecule has 1 aromatic carbocycles. The van der Waals surface area contributed by atoms with E-state index in [1.807, 2.05) is 43.0 Å². The number of piperidine rings is 1. The predicted molar refractivity (Wildman–Crippen MR) is 118 cm³/mol. The second-order valence-corrected chi connectivity index (χ2v) is 9.29. The van der Waals surface area contributed by atoms with Crippen LogP contribution in [0.15, 0.2) is 47.2 Å². The van der Waals surface area contributed by atoms with Gasteiger partial charge >= 0.3 is 0 Å². The molecule has 0 spiro atoms. The first kappa shape index (κ1) is 19.9. The summed E-state index contributed by atoms with van der Waals surface area (Å²) in [6.45, 7) is 5.49. The highest BCUT2D eigenvalue weighted by Gasteiger charge is 2.46. The van der Waals surface area contributed by atoms with Crippen molar-refractivity contribution in [3.8, 4) is 11.5 Å². The van der Waals surface area contributed by atoms with Crippen molar-refractivity contribution < 1.29 is 9.32 Å². The Kier molecular flexibility index (Phi) is 5.08. The monoisotopic (exact) mass is 416 g/mol. The molecule has 0 radical (unpaired) electrons. The van der Waals surface area contributed by atoms with Crippen molar-refractivity contribution in [2.75, 3.05) is 13.1 Å². The van der Waals surface area contributed by atoms with Gasteiger partial charge in [-0.2, -0.15) is 4.98 Å². The lowest BCUT2D eigenvalue weighted by atomic mass is 9.74. The van der Waals surface area contributed by atoms with Crippen LogP contribution in [0.2, 0.25) is 0 Å². The largest absolute Gasteiger partial charge is 0.338 e. The maximum absolute atomic E-state index is 13.4. The highest BCUT2D eigenvalue weighted by molar-refractivity contribution is 5.94. The highest BCUT2D eigenvalue weighted by Crippen LogP contribution is 2.46. The topological polar surface area (TPSA) is 72.1 Å². The Hall–Kier alpha value is -3.02. The molecule has 6 nitrogen and oxygen atoms in total. The van der Waals surface area contributed by atoms with Crippen LogP contribution in [0.5, 0.6) is 0 Å². The molecule has 1 amide bonds. The lowest BCUT2D eigenvalue weighted by Crippen LogP contribution is -2.49. The lowest BCUT2D eigenvalue weighted by Gasteiger charge is -2.41. The number of carbonyl (C=O) groups excluding carboxylic acids is 1. The molecule has 1 saturated heterocycles. The molecule has 3 heterocycles. The molecule has 0 N–H and O–H groups in total. The van der Waals surface area contributed by atoms with E-state index in [1.165, 1.54) is 12.8 Å². The van der Waals surface area contributed by atoms with Crippen LogP contribution in [-0.2, 0) is 5.41 Å². The molecule has 0 bridgehead atoms. The Balaban J connectivity index is 1.45. The second-order valence-electron chi connectivity index (χ2n) is 9.29. The molecule has 2 fully saturated rings. The number of likely N-dealkylation sites (tertiary alicyclic amines) is 1. The first-order chi connectivity index (χ1) is 15.0. The Morgan fingerprint density at radius 1 is 1.16 bits per heavy atom. The summed E-state index contributed by atoms with van der Waals surface area (Å²) in [6, 6.07) is 9.83. The van der Waals surface area contributed by atoms with Gasteiger partial charge in [-0.05, 0) is 63.3 Å². The van der Waals surface area contributed by atoms with Gasteiger partial charge in [-0.25, -0.2) is 0 Å². The molecule has 6 heteroatoms. The summed E-state index contributed by atoms with van der Waals surface area (Å²) in [7, 11) is 0. The van der Waals surface area contributed by atoms with E-state index in [0.29, 0.717) is 18.4 Å². The predicted octanol–water partition coefficient (Wildman–Crippen LogP) is 4.72. The number of hydrogen-bond donors (Lipinski definition) is 0. The van der Waals surface area contributed by atoms with Gasteiger partial charge in [0, 0.05) is 36.6 Å². The van der Waals surface area contributed by atoms with Crippen LogP contribution in [0, 0.1) is 19.8 Å². The van der Waals surface area contributed by atoms with E-state index in [9.17, 15) is 4.79 Å². The van der Waals surface area contributed by atoms with Crippen molar-refractivity contribution >= 4 is 5.91 Å².